The Morgan fingerprint density at radius 2 is 2.05 bits per heavy atom. The van der Waals surface area contributed by atoms with Gasteiger partial charge in [-0.05, 0) is 37.6 Å². The maximum atomic E-state index is 5.03. The molecular formula is C17H29N3S. The number of fused-ring (bicyclic) bond motifs is 1. The summed E-state index contributed by atoms with van der Waals surface area (Å²) in [5, 5.41) is 4.91. The van der Waals surface area contributed by atoms with E-state index in [1.165, 1.54) is 47.8 Å². The molecule has 0 aromatic carbocycles. The molecule has 0 amide bonds. The molecule has 21 heavy (non-hydrogen) atoms. The topological polar surface area (TPSA) is 28.2 Å². The Bertz CT molecular complexity index is 488. The van der Waals surface area contributed by atoms with E-state index in [9.17, 15) is 0 Å². The van der Waals surface area contributed by atoms with Gasteiger partial charge in [0.1, 0.15) is 0 Å². The minimum atomic E-state index is 0.358. The quantitative estimate of drug-likeness (QED) is 0.906. The van der Waals surface area contributed by atoms with Gasteiger partial charge >= 0.3 is 0 Å². The molecule has 1 unspecified atom stereocenters. The van der Waals surface area contributed by atoms with E-state index in [0.717, 1.165) is 13.0 Å². The highest BCUT2D eigenvalue weighted by atomic mass is 32.1. The van der Waals surface area contributed by atoms with Gasteiger partial charge in [-0.1, -0.05) is 44.9 Å². The van der Waals surface area contributed by atoms with Crippen LogP contribution in [0.15, 0.2) is 0 Å². The largest absolute Gasteiger partial charge is 0.348 e. The molecule has 0 spiro atoms. The van der Waals surface area contributed by atoms with Crippen LogP contribution in [0.3, 0.4) is 0 Å². The van der Waals surface area contributed by atoms with Crippen molar-refractivity contribution in [2.45, 2.75) is 71.4 Å². The van der Waals surface area contributed by atoms with Gasteiger partial charge < -0.3 is 10.2 Å². The first kappa shape index (κ1) is 15.3. The number of hydrogen-bond donors (Lipinski definition) is 1. The maximum Gasteiger partial charge on any atom is 0.185 e. The number of thiazole rings is 1. The fourth-order valence-corrected chi connectivity index (χ4v) is 5.12. The van der Waals surface area contributed by atoms with Crippen LogP contribution in [0.1, 0.15) is 69.5 Å². The summed E-state index contributed by atoms with van der Waals surface area (Å²) in [4.78, 5) is 8.97. The molecule has 1 saturated carbocycles. The standard InChI is InChI=1S/C17H29N3S/c1-5-18-13-10-17(2,3)11-14-15(13)21-16(19-14)20(4)12-8-6-7-9-12/h12-13,18H,5-11H2,1-4H3. The fraction of sp³-hybridized carbons (Fsp3) is 0.824. The van der Waals surface area contributed by atoms with Crippen LogP contribution in [0.5, 0.6) is 0 Å². The van der Waals surface area contributed by atoms with Gasteiger partial charge in [0.15, 0.2) is 5.13 Å². The van der Waals surface area contributed by atoms with E-state index in [0.29, 0.717) is 17.5 Å². The van der Waals surface area contributed by atoms with Gasteiger partial charge in [-0.25, -0.2) is 4.98 Å². The van der Waals surface area contributed by atoms with E-state index in [-0.39, 0.29) is 0 Å². The van der Waals surface area contributed by atoms with Crippen molar-refractivity contribution in [1.29, 1.82) is 0 Å². The molecule has 118 valence electrons. The summed E-state index contributed by atoms with van der Waals surface area (Å²) in [7, 11) is 2.24. The van der Waals surface area contributed by atoms with E-state index in [1.807, 2.05) is 11.3 Å². The molecule has 1 atom stereocenters. The normalized spacial score (nSPS) is 25.0. The molecular weight excluding hydrogens is 278 g/mol. The van der Waals surface area contributed by atoms with Crippen LogP contribution < -0.4 is 10.2 Å². The van der Waals surface area contributed by atoms with Crippen molar-refractivity contribution in [3.63, 3.8) is 0 Å². The Morgan fingerprint density at radius 3 is 2.71 bits per heavy atom. The highest BCUT2D eigenvalue weighted by molar-refractivity contribution is 7.15. The molecule has 0 radical (unpaired) electrons. The van der Waals surface area contributed by atoms with Gasteiger partial charge in [0.25, 0.3) is 0 Å². The lowest BCUT2D eigenvalue weighted by atomic mass is 9.76. The van der Waals surface area contributed by atoms with E-state index in [1.54, 1.807) is 0 Å². The van der Waals surface area contributed by atoms with E-state index in [2.05, 4.69) is 38.0 Å². The zero-order valence-corrected chi connectivity index (χ0v) is 14.7. The molecule has 0 aliphatic heterocycles. The van der Waals surface area contributed by atoms with Gasteiger partial charge in [0, 0.05) is 24.0 Å². The molecule has 3 rings (SSSR count). The molecule has 2 aliphatic carbocycles. The van der Waals surface area contributed by atoms with Crippen LogP contribution in [0.4, 0.5) is 5.13 Å². The Labute approximate surface area is 133 Å². The third kappa shape index (κ3) is 3.11. The van der Waals surface area contributed by atoms with Crippen LogP contribution in [-0.2, 0) is 6.42 Å². The molecule has 3 nitrogen and oxygen atoms in total. The van der Waals surface area contributed by atoms with E-state index >= 15 is 0 Å². The lowest BCUT2D eigenvalue weighted by molar-refractivity contribution is 0.260. The molecule has 2 aliphatic rings. The monoisotopic (exact) mass is 307 g/mol. The number of nitrogens with zero attached hydrogens (tertiary/aromatic N) is 2. The van der Waals surface area contributed by atoms with Gasteiger partial charge in [0.05, 0.1) is 5.69 Å². The number of nitrogens with one attached hydrogen (secondary N) is 1. The van der Waals surface area contributed by atoms with Gasteiger partial charge in [-0.3, -0.25) is 0 Å². The first-order valence-electron chi connectivity index (χ1n) is 8.46. The van der Waals surface area contributed by atoms with Crippen LogP contribution in [0.25, 0.3) is 0 Å². The predicted molar refractivity (Wildman–Crippen MR) is 91.3 cm³/mol. The first-order chi connectivity index (χ1) is 10.00. The highest BCUT2D eigenvalue weighted by Crippen LogP contribution is 2.45. The second-order valence-corrected chi connectivity index (χ2v) is 8.52. The third-order valence-corrected chi connectivity index (χ3v) is 6.36. The number of anilines is 1. The van der Waals surface area contributed by atoms with E-state index < -0.39 is 0 Å². The van der Waals surface area contributed by atoms with Crippen molar-refractivity contribution < 1.29 is 0 Å². The average Bonchev–Trinajstić information content (AvgIpc) is 3.05. The van der Waals surface area contributed by atoms with Crippen LogP contribution in [0.2, 0.25) is 0 Å². The smallest absolute Gasteiger partial charge is 0.185 e. The summed E-state index contributed by atoms with van der Waals surface area (Å²) in [6, 6.07) is 1.21. The summed E-state index contributed by atoms with van der Waals surface area (Å²) in [5.41, 5.74) is 1.71. The molecule has 1 heterocycles. The summed E-state index contributed by atoms with van der Waals surface area (Å²) < 4.78 is 0. The maximum absolute atomic E-state index is 5.03. The Morgan fingerprint density at radius 1 is 1.33 bits per heavy atom. The molecule has 1 fully saturated rings. The number of rotatable bonds is 4. The Balaban J connectivity index is 1.86. The van der Waals surface area contributed by atoms with Crippen LogP contribution >= 0.6 is 11.3 Å². The minimum Gasteiger partial charge on any atom is -0.348 e. The molecule has 0 bridgehead atoms. The zero-order chi connectivity index (χ0) is 15.0. The van der Waals surface area contributed by atoms with Crippen molar-refractivity contribution >= 4 is 16.5 Å². The predicted octanol–water partition coefficient (Wildman–Crippen LogP) is 4.14. The number of hydrogen-bond acceptors (Lipinski definition) is 4. The SMILES string of the molecule is CCNC1CC(C)(C)Cc2nc(N(C)C3CCCC3)sc21. The van der Waals surface area contributed by atoms with Crippen LogP contribution in [0, 0.1) is 5.41 Å². The third-order valence-electron chi connectivity index (χ3n) is 5.06. The van der Waals surface area contributed by atoms with Crippen molar-refractivity contribution in [2.24, 2.45) is 5.41 Å². The Kier molecular flexibility index (Phi) is 4.28. The fourth-order valence-electron chi connectivity index (χ4n) is 3.93. The summed E-state index contributed by atoms with van der Waals surface area (Å²) >= 11 is 1.93. The lowest BCUT2D eigenvalue weighted by Crippen LogP contribution is -2.32. The van der Waals surface area contributed by atoms with Gasteiger partial charge in [-0.15, -0.1) is 0 Å². The molecule has 4 heteroatoms. The Hall–Kier alpha value is -0.610. The van der Waals surface area contributed by atoms with Crippen LogP contribution in [-0.4, -0.2) is 24.6 Å². The van der Waals surface area contributed by atoms with Crippen molar-refractivity contribution in [3.05, 3.63) is 10.6 Å². The average molecular weight is 308 g/mol. The highest BCUT2D eigenvalue weighted by Gasteiger charge is 2.35. The second kappa shape index (κ2) is 5.88. The minimum absolute atomic E-state index is 0.358. The summed E-state index contributed by atoms with van der Waals surface area (Å²) in [6.45, 7) is 7.99. The lowest BCUT2D eigenvalue weighted by Gasteiger charge is -2.34. The molecule has 1 aromatic heterocycles. The molecule has 0 saturated heterocycles. The number of aromatic nitrogens is 1. The first-order valence-corrected chi connectivity index (χ1v) is 9.27. The molecule has 1 N–H and O–H groups in total. The molecule has 1 aromatic rings. The summed E-state index contributed by atoms with van der Waals surface area (Å²) in [5.74, 6) is 0. The van der Waals surface area contributed by atoms with Crippen molar-refractivity contribution in [3.8, 4) is 0 Å². The second-order valence-electron chi connectivity index (χ2n) is 7.51. The van der Waals surface area contributed by atoms with Crippen molar-refractivity contribution in [1.82, 2.24) is 10.3 Å². The van der Waals surface area contributed by atoms with Gasteiger partial charge in [0.2, 0.25) is 0 Å². The summed E-state index contributed by atoms with van der Waals surface area (Å²) in [6.07, 6.45) is 7.79. The van der Waals surface area contributed by atoms with Gasteiger partial charge in [-0.2, -0.15) is 0 Å². The zero-order valence-electron chi connectivity index (χ0n) is 13.9. The van der Waals surface area contributed by atoms with Crippen molar-refractivity contribution in [2.75, 3.05) is 18.5 Å². The van der Waals surface area contributed by atoms with E-state index in [4.69, 9.17) is 4.98 Å².